The fourth-order valence-corrected chi connectivity index (χ4v) is 1.89. The maximum Gasteiger partial charge on any atom is 0.248 e. The predicted molar refractivity (Wildman–Crippen MR) is 65.5 cm³/mol. The van der Waals surface area contributed by atoms with Crippen LogP contribution in [0.4, 0.5) is 5.69 Å². The van der Waals surface area contributed by atoms with Gasteiger partial charge in [-0.15, -0.1) is 0 Å². The van der Waals surface area contributed by atoms with E-state index in [1.54, 1.807) is 12.1 Å². The molecule has 0 bridgehead atoms. The van der Waals surface area contributed by atoms with E-state index < -0.39 is 5.91 Å². The number of nitrogens with zero attached hydrogens (tertiary/aromatic N) is 1. The van der Waals surface area contributed by atoms with Gasteiger partial charge in [0.25, 0.3) is 0 Å². The van der Waals surface area contributed by atoms with Crippen LogP contribution in [-0.4, -0.2) is 37.1 Å². The number of hydrogen-bond acceptors (Lipinski definition) is 4. The number of benzene rings is 1. The molecule has 1 saturated heterocycles. The van der Waals surface area contributed by atoms with E-state index in [1.165, 1.54) is 0 Å². The molecule has 1 fully saturated rings. The van der Waals surface area contributed by atoms with Crippen molar-refractivity contribution >= 4 is 11.6 Å². The smallest absolute Gasteiger partial charge is 0.248 e. The maximum atomic E-state index is 11.0. The van der Waals surface area contributed by atoms with Gasteiger partial charge in [-0.3, -0.25) is 9.69 Å². The molecule has 1 heterocycles. The van der Waals surface area contributed by atoms with Gasteiger partial charge >= 0.3 is 0 Å². The van der Waals surface area contributed by atoms with Crippen LogP contribution in [0.15, 0.2) is 18.2 Å². The molecule has 4 N–H and O–H groups in total. The average Bonchev–Trinajstić information content (AvgIpc) is 2.33. The molecule has 1 aliphatic heterocycles. The molecule has 0 saturated carbocycles. The van der Waals surface area contributed by atoms with Gasteiger partial charge in [0, 0.05) is 30.9 Å². The van der Waals surface area contributed by atoms with Gasteiger partial charge in [0.2, 0.25) is 5.91 Å². The van der Waals surface area contributed by atoms with E-state index in [0.717, 1.165) is 38.4 Å². The Hall–Kier alpha value is -1.59. The number of nitrogens with two attached hydrogens (primary N) is 2. The van der Waals surface area contributed by atoms with Crippen LogP contribution in [0.3, 0.4) is 0 Å². The first-order valence-corrected chi connectivity index (χ1v) is 5.65. The highest BCUT2D eigenvalue weighted by atomic mass is 16.5. The van der Waals surface area contributed by atoms with Crippen LogP contribution in [0.2, 0.25) is 0 Å². The Balaban J connectivity index is 2.08. The van der Waals surface area contributed by atoms with Crippen molar-refractivity contribution in [2.45, 2.75) is 6.54 Å². The Morgan fingerprint density at radius 1 is 1.35 bits per heavy atom. The van der Waals surface area contributed by atoms with Crippen LogP contribution >= 0.6 is 0 Å². The van der Waals surface area contributed by atoms with E-state index in [9.17, 15) is 4.79 Å². The van der Waals surface area contributed by atoms with E-state index in [4.69, 9.17) is 16.2 Å². The van der Waals surface area contributed by atoms with Crippen molar-refractivity contribution in [3.63, 3.8) is 0 Å². The molecular weight excluding hydrogens is 218 g/mol. The van der Waals surface area contributed by atoms with Crippen LogP contribution in [0, 0.1) is 0 Å². The van der Waals surface area contributed by atoms with Gasteiger partial charge in [-0.05, 0) is 17.7 Å². The number of amides is 1. The zero-order chi connectivity index (χ0) is 12.3. The van der Waals surface area contributed by atoms with Crippen molar-refractivity contribution in [3.8, 4) is 0 Å². The highest BCUT2D eigenvalue weighted by Gasteiger charge is 2.12. The lowest BCUT2D eigenvalue weighted by atomic mass is 10.1. The third-order valence-electron chi connectivity index (χ3n) is 2.93. The summed E-state index contributed by atoms with van der Waals surface area (Å²) in [6.45, 7) is 4.14. The van der Waals surface area contributed by atoms with Crippen LogP contribution in [0.5, 0.6) is 0 Å². The van der Waals surface area contributed by atoms with Crippen molar-refractivity contribution < 1.29 is 9.53 Å². The molecule has 0 unspecified atom stereocenters. The molecule has 2 rings (SSSR count). The second kappa shape index (κ2) is 5.16. The fraction of sp³-hybridized carbons (Fsp3) is 0.417. The highest BCUT2D eigenvalue weighted by Crippen LogP contribution is 2.16. The molecular formula is C12H17N3O2. The van der Waals surface area contributed by atoms with Gasteiger partial charge in [0.1, 0.15) is 0 Å². The predicted octanol–water partition coefficient (Wildman–Crippen LogP) is 0.200. The minimum absolute atomic E-state index is 0.449. The van der Waals surface area contributed by atoms with Crippen LogP contribution in [-0.2, 0) is 11.3 Å². The number of hydrogen-bond donors (Lipinski definition) is 2. The van der Waals surface area contributed by atoms with Crippen molar-refractivity contribution in [3.05, 3.63) is 29.3 Å². The molecule has 0 spiro atoms. The largest absolute Gasteiger partial charge is 0.398 e. The lowest BCUT2D eigenvalue weighted by Crippen LogP contribution is -2.35. The van der Waals surface area contributed by atoms with Crippen molar-refractivity contribution in [2.24, 2.45) is 5.73 Å². The van der Waals surface area contributed by atoms with E-state index in [0.29, 0.717) is 11.3 Å². The number of primary amides is 1. The first-order chi connectivity index (χ1) is 8.16. The number of morpholine rings is 1. The second-order valence-electron chi connectivity index (χ2n) is 4.17. The molecule has 5 heteroatoms. The topological polar surface area (TPSA) is 81.6 Å². The maximum absolute atomic E-state index is 11.0. The lowest BCUT2D eigenvalue weighted by Gasteiger charge is -2.27. The molecule has 0 radical (unpaired) electrons. The minimum Gasteiger partial charge on any atom is -0.398 e. The van der Waals surface area contributed by atoms with Crippen LogP contribution in [0.25, 0.3) is 0 Å². The Morgan fingerprint density at radius 2 is 2.06 bits per heavy atom. The quantitative estimate of drug-likeness (QED) is 0.733. The molecule has 1 amide bonds. The monoisotopic (exact) mass is 235 g/mol. The third kappa shape index (κ3) is 2.95. The standard InChI is InChI=1S/C12H17N3O2/c13-11-7-9(12(14)16)1-2-10(11)8-15-3-5-17-6-4-15/h1-2,7H,3-6,8,13H2,(H2,14,16). The molecule has 1 aromatic rings. The summed E-state index contributed by atoms with van der Waals surface area (Å²) in [7, 11) is 0. The number of nitrogen functional groups attached to an aromatic ring is 1. The number of carbonyl (C=O) groups is 1. The molecule has 17 heavy (non-hydrogen) atoms. The molecule has 1 aromatic carbocycles. The van der Waals surface area contributed by atoms with E-state index in [-0.39, 0.29) is 0 Å². The number of ether oxygens (including phenoxy) is 1. The Labute approximate surface area is 100 Å². The van der Waals surface area contributed by atoms with Gasteiger partial charge in [-0.2, -0.15) is 0 Å². The molecule has 5 nitrogen and oxygen atoms in total. The van der Waals surface area contributed by atoms with Gasteiger partial charge in [0.15, 0.2) is 0 Å². The normalized spacial score (nSPS) is 16.9. The summed E-state index contributed by atoms with van der Waals surface area (Å²) in [6, 6.07) is 5.22. The SMILES string of the molecule is NC(=O)c1ccc(CN2CCOCC2)c(N)c1. The van der Waals surface area contributed by atoms with Crippen LogP contribution < -0.4 is 11.5 Å². The zero-order valence-electron chi connectivity index (χ0n) is 9.69. The van der Waals surface area contributed by atoms with E-state index in [2.05, 4.69) is 4.90 Å². The summed E-state index contributed by atoms with van der Waals surface area (Å²) in [5.41, 5.74) is 13.2. The Kier molecular flexibility index (Phi) is 3.61. The summed E-state index contributed by atoms with van der Waals surface area (Å²) in [6.07, 6.45) is 0. The van der Waals surface area contributed by atoms with Gasteiger partial charge in [-0.1, -0.05) is 6.07 Å². The third-order valence-corrected chi connectivity index (χ3v) is 2.93. The van der Waals surface area contributed by atoms with Crippen molar-refractivity contribution in [2.75, 3.05) is 32.0 Å². The molecule has 0 aromatic heterocycles. The summed E-state index contributed by atoms with van der Waals surface area (Å²) < 4.78 is 5.28. The van der Waals surface area contributed by atoms with E-state index >= 15 is 0 Å². The second-order valence-corrected chi connectivity index (χ2v) is 4.17. The summed E-state index contributed by atoms with van der Waals surface area (Å²) in [4.78, 5) is 13.3. The summed E-state index contributed by atoms with van der Waals surface area (Å²) in [5, 5.41) is 0. The van der Waals surface area contributed by atoms with Gasteiger partial charge in [-0.25, -0.2) is 0 Å². The first-order valence-electron chi connectivity index (χ1n) is 5.65. The number of anilines is 1. The number of rotatable bonds is 3. The molecule has 92 valence electrons. The Bertz CT molecular complexity index is 414. The van der Waals surface area contributed by atoms with E-state index in [1.807, 2.05) is 6.07 Å². The molecule has 1 aliphatic rings. The fourth-order valence-electron chi connectivity index (χ4n) is 1.89. The van der Waals surface area contributed by atoms with Crippen molar-refractivity contribution in [1.82, 2.24) is 4.90 Å². The van der Waals surface area contributed by atoms with Gasteiger partial charge < -0.3 is 16.2 Å². The van der Waals surface area contributed by atoms with Crippen molar-refractivity contribution in [1.29, 1.82) is 0 Å². The minimum atomic E-state index is -0.449. The lowest BCUT2D eigenvalue weighted by molar-refractivity contribution is 0.0343. The number of carbonyl (C=O) groups excluding carboxylic acids is 1. The molecule has 0 aliphatic carbocycles. The first kappa shape index (κ1) is 11.9. The van der Waals surface area contributed by atoms with Gasteiger partial charge in [0.05, 0.1) is 13.2 Å². The van der Waals surface area contributed by atoms with Crippen LogP contribution in [0.1, 0.15) is 15.9 Å². The zero-order valence-corrected chi connectivity index (χ0v) is 9.69. The average molecular weight is 235 g/mol. The summed E-state index contributed by atoms with van der Waals surface area (Å²) in [5.74, 6) is -0.449. The summed E-state index contributed by atoms with van der Waals surface area (Å²) >= 11 is 0. The molecule has 0 atom stereocenters. The Morgan fingerprint density at radius 3 is 2.65 bits per heavy atom. The highest BCUT2D eigenvalue weighted by molar-refractivity contribution is 5.93.